The smallest absolute Gasteiger partial charge is 0.124 e. The third-order valence-electron chi connectivity index (χ3n) is 4.50. The van der Waals surface area contributed by atoms with Crippen LogP contribution in [-0.2, 0) is 0 Å². The van der Waals surface area contributed by atoms with E-state index in [1.165, 1.54) is 6.42 Å². The summed E-state index contributed by atoms with van der Waals surface area (Å²) in [5.74, 6) is 1.67. The summed E-state index contributed by atoms with van der Waals surface area (Å²) in [7, 11) is 3.35. The van der Waals surface area contributed by atoms with Gasteiger partial charge in [0.1, 0.15) is 11.5 Å². The molecule has 0 aliphatic heterocycles. The molecule has 106 valence electrons. The van der Waals surface area contributed by atoms with Gasteiger partial charge in [0.25, 0.3) is 0 Å². The molecular weight excluding hydrogens is 240 g/mol. The molecule has 0 spiro atoms. The monoisotopic (exact) mass is 264 g/mol. The molecule has 4 heteroatoms. The SMILES string of the molecule is COc1cc(C(N)C2(CN)CCC2)c(OC)cc1C. The summed E-state index contributed by atoms with van der Waals surface area (Å²) >= 11 is 0. The third kappa shape index (κ3) is 2.30. The van der Waals surface area contributed by atoms with E-state index < -0.39 is 0 Å². The first-order valence-corrected chi connectivity index (χ1v) is 6.76. The highest BCUT2D eigenvalue weighted by Crippen LogP contribution is 2.50. The van der Waals surface area contributed by atoms with Crippen molar-refractivity contribution < 1.29 is 9.47 Å². The van der Waals surface area contributed by atoms with Crippen LogP contribution in [0.4, 0.5) is 0 Å². The van der Waals surface area contributed by atoms with Gasteiger partial charge in [0.05, 0.1) is 14.2 Å². The second-order valence-corrected chi connectivity index (χ2v) is 5.46. The van der Waals surface area contributed by atoms with E-state index in [1.54, 1.807) is 14.2 Å². The second-order valence-electron chi connectivity index (χ2n) is 5.46. The zero-order valence-electron chi connectivity index (χ0n) is 12.0. The summed E-state index contributed by atoms with van der Waals surface area (Å²) in [6.07, 6.45) is 3.38. The number of hydrogen-bond acceptors (Lipinski definition) is 4. The number of rotatable bonds is 5. The minimum Gasteiger partial charge on any atom is -0.496 e. The molecule has 1 fully saturated rings. The van der Waals surface area contributed by atoms with Crippen molar-refractivity contribution in [2.24, 2.45) is 16.9 Å². The highest BCUT2D eigenvalue weighted by atomic mass is 16.5. The minimum absolute atomic E-state index is 0.0214. The van der Waals surface area contributed by atoms with Crippen molar-refractivity contribution in [1.82, 2.24) is 0 Å². The lowest BCUT2D eigenvalue weighted by Gasteiger charge is -2.46. The van der Waals surface area contributed by atoms with Crippen LogP contribution in [0.1, 0.15) is 36.4 Å². The Morgan fingerprint density at radius 3 is 2.26 bits per heavy atom. The van der Waals surface area contributed by atoms with Gasteiger partial charge in [-0.25, -0.2) is 0 Å². The molecule has 0 radical (unpaired) electrons. The summed E-state index contributed by atoms with van der Waals surface area (Å²) in [6.45, 7) is 2.62. The standard InChI is InChI=1S/C15H24N2O2/c1-10-7-13(19-3)11(8-12(10)18-2)14(17)15(9-16)5-4-6-15/h7-8,14H,4-6,9,16-17H2,1-3H3. The molecule has 4 N–H and O–H groups in total. The summed E-state index contributed by atoms with van der Waals surface area (Å²) in [6, 6.07) is 3.88. The molecule has 0 aromatic heterocycles. The summed E-state index contributed by atoms with van der Waals surface area (Å²) in [4.78, 5) is 0. The molecule has 2 rings (SSSR count). The van der Waals surface area contributed by atoms with Crippen molar-refractivity contribution >= 4 is 0 Å². The Morgan fingerprint density at radius 2 is 1.84 bits per heavy atom. The van der Waals surface area contributed by atoms with Gasteiger partial charge in [0, 0.05) is 17.0 Å². The first kappa shape index (κ1) is 14.2. The zero-order valence-corrected chi connectivity index (χ0v) is 12.0. The fourth-order valence-electron chi connectivity index (χ4n) is 2.92. The van der Waals surface area contributed by atoms with Crippen molar-refractivity contribution in [2.75, 3.05) is 20.8 Å². The first-order valence-electron chi connectivity index (χ1n) is 6.76. The van der Waals surface area contributed by atoms with Crippen molar-refractivity contribution in [3.63, 3.8) is 0 Å². The highest BCUT2D eigenvalue weighted by molar-refractivity contribution is 5.48. The maximum absolute atomic E-state index is 6.48. The van der Waals surface area contributed by atoms with Crippen LogP contribution in [0.15, 0.2) is 12.1 Å². The molecule has 4 nitrogen and oxygen atoms in total. The molecule has 0 heterocycles. The van der Waals surface area contributed by atoms with Gasteiger partial charge in [-0.15, -0.1) is 0 Å². The summed E-state index contributed by atoms with van der Waals surface area (Å²) < 4.78 is 10.9. The van der Waals surface area contributed by atoms with E-state index in [9.17, 15) is 0 Å². The van der Waals surface area contributed by atoms with Crippen LogP contribution in [0, 0.1) is 12.3 Å². The van der Waals surface area contributed by atoms with Gasteiger partial charge in [0.15, 0.2) is 0 Å². The normalized spacial score (nSPS) is 18.6. The van der Waals surface area contributed by atoms with Crippen molar-refractivity contribution in [3.8, 4) is 11.5 Å². The molecule has 0 saturated heterocycles. The fraction of sp³-hybridized carbons (Fsp3) is 0.600. The number of methoxy groups -OCH3 is 2. The van der Waals surface area contributed by atoms with Gasteiger partial charge in [-0.3, -0.25) is 0 Å². The van der Waals surface area contributed by atoms with E-state index in [4.69, 9.17) is 20.9 Å². The lowest BCUT2D eigenvalue weighted by Crippen LogP contribution is -2.46. The van der Waals surface area contributed by atoms with Crippen LogP contribution in [-0.4, -0.2) is 20.8 Å². The molecule has 1 aromatic carbocycles. The lowest BCUT2D eigenvalue weighted by atomic mass is 9.62. The Bertz CT molecular complexity index is 450. The van der Waals surface area contributed by atoms with E-state index in [0.29, 0.717) is 6.54 Å². The Hall–Kier alpha value is -1.26. The second kappa shape index (κ2) is 5.39. The number of ether oxygens (including phenoxy) is 2. The zero-order chi connectivity index (χ0) is 14.0. The largest absolute Gasteiger partial charge is 0.496 e. The van der Waals surface area contributed by atoms with Crippen LogP contribution in [0.25, 0.3) is 0 Å². The molecule has 1 atom stereocenters. The molecule has 0 amide bonds. The molecule has 0 bridgehead atoms. The average molecular weight is 264 g/mol. The van der Waals surface area contributed by atoms with Crippen molar-refractivity contribution in [1.29, 1.82) is 0 Å². The topological polar surface area (TPSA) is 70.5 Å². The van der Waals surface area contributed by atoms with E-state index in [-0.39, 0.29) is 11.5 Å². The molecule has 1 saturated carbocycles. The molecule has 1 unspecified atom stereocenters. The quantitative estimate of drug-likeness (QED) is 0.854. The van der Waals surface area contributed by atoms with Gasteiger partial charge in [-0.05, 0) is 44.0 Å². The van der Waals surface area contributed by atoms with Crippen LogP contribution < -0.4 is 20.9 Å². The third-order valence-corrected chi connectivity index (χ3v) is 4.50. The average Bonchev–Trinajstić information content (AvgIpc) is 2.37. The van der Waals surface area contributed by atoms with Crippen molar-refractivity contribution in [2.45, 2.75) is 32.2 Å². The summed E-state index contributed by atoms with van der Waals surface area (Å²) in [5.41, 5.74) is 14.5. The Balaban J connectivity index is 2.42. The van der Waals surface area contributed by atoms with Crippen LogP contribution in [0.3, 0.4) is 0 Å². The lowest BCUT2D eigenvalue weighted by molar-refractivity contribution is 0.103. The van der Waals surface area contributed by atoms with Gasteiger partial charge < -0.3 is 20.9 Å². The number of nitrogens with two attached hydrogens (primary N) is 2. The van der Waals surface area contributed by atoms with Gasteiger partial charge in [-0.1, -0.05) is 6.42 Å². The maximum atomic E-state index is 6.48. The molecular formula is C15H24N2O2. The number of hydrogen-bond donors (Lipinski definition) is 2. The van der Waals surface area contributed by atoms with Crippen molar-refractivity contribution in [3.05, 3.63) is 23.3 Å². The minimum atomic E-state index is -0.101. The molecule has 19 heavy (non-hydrogen) atoms. The first-order chi connectivity index (χ1) is 9.07. The Kier molecular flexibility index (Phi) is 4.02. The van der Waals surface area contributed by atoms with E-state index in [2.05, 4.69) is 0 Å². The Labute approximate surface area is 115 Å². The fourth-order valence-corrected chi connectivity index (χ4v) is 2.92. The predicted octanol–water partition coefficient (Wildman–Crippen LogP) is 2.14. The molecule has 1 aliphatic rings. The van der Waals surface area contributed by atoms with Crippen LogP contribution >= 0.6 is 0 Å². The summed E-state index contributed by atoms with van der Waals surface area (Å²) in [5, 5.41) is 0. The maximum Gasteiger partial charge on any atom is 0.124 e. The van der Waals surface area contributed by atoms with Gasteiger partial charge in [-0.2, -0.15) is 0 Å². The molecule has 1 aromatic rings. The highest BCUT2D eigenvalue weighted by Gasteiger charge is 2.43. The number of benzene rings is 1. The predicted molar refractivity (Wildman–Crippen MR) is 76.5 cm³/mol. The van der Waals surface area contributed by atoms with Crippen LogP contribution in [0.2, 0.25) is 0 Å². The van der Waals surface area contributed by atoms with Gasteiger partial charge >= 0.3 is 0 Å². The van der Waals surface area contributed by atoms with Gasteiger partial charge in [0.2, 0.25) is 0 Å². The Morgan fingerprint density at radius 1 is 1.21 bits per heavy atom. The van der Waals surface area contributed by atoms with E-state index >= 15 is 0 Å². The van der Waals surface area contributed by atoms with Crippen LogP contribution in [0.5, 0.6) is 11.5 Å². The number of aryl methyl sites for hydroxylation is 1. The van der Waals surface area contributed by atoms with E-state index in [0.717, 1.165) is 35.5 Å². The molecule has 1 aliphatic carbocycles. The van der Waals surface area contributed by atoms with E-state index in [1.807, 2.05) is 19.1 Å².